The highest BCUT2D eigenvalue weighted by Gasteiger charge is 2.14. The molecule has 0 saturated heterocycles. The number of benzene rings is 2. The molecule has 2 aromatic heterocycles. The first-order valence-electron chi connectivity index (χ1n) is 9.07. The molecule has 1 atom stereocenters. The summed E-state index contributed by atoms with van der Waals surface area (Å²) >= 11 is 7.58. The Morgan fingerprint density at radius 1 is 1.17 bits per heavy atom. The maximum atomic E-state index is 13.5. The third-order valence-corrected chi connectivity index (χ3v) is 5.87. The summed E-state index contributed by atoms with van der Waals surface area (Å²) in [5.74, 6) is 0.595. The molecule has 0 spiro atoms. The van der Waals surface area contributed by atoms with E-state index in [1.807, 2.05) is 29.6 Å². The van der Waals surface area contributed by atoms with Crippen molar-refractivity contribution in [2.45, 2.75) is 19.5 Å². The molecule has 0 aliphatic carbocycles. The lowest BCUT2D eigenvalue weighted by Crippen LogP contribution is -2.10. The molecular weight excluding hydrogens is 409 g/mol. The van der Waals surface area contributed by atoms with E-state index in [4.69, 9.17) is 17.3 Å². The zero-order valence-electron chi connectivity index (χ0n) is 15.6. The zero-order valence-corrected chi connectivity index (χ0v) is 17.2. The van der Waals surface area contributed by atoms with Crippen molar-refractivity contribution in [3.8, 4) is 0 Å². The normalized spacial score (nSPS) is 12.1. The van der Waals surface area contributed by atoms with Crippen molar-refractivity contribution in [3.05, 3.63) is 75.2 Å². The van der Waals surface area contributed by atoms with Gasteiger partial charge in [-0.25, -0.2) is 9.37 Å². The quantitative estimate of drug-likeness (QED) is 0.359. The van der Waals surface area contributed by atoms with Crippen LogP contribution in [0.2, 0.25) is 5.02 Å². The van der Waals surface area contributed by atoms with Crippen LogP contribution in [-0.4, -0.2) is 9.97 Å². The van der Waals surface area contributed by atoms with Gasteiger partial charge < -0.3 is 16.4 Å². The first-order chi connectivity index (χ1) is 14.0. The number of aromatic nitrogens is 2. The van der Waals surface area contributed by atoms with Crippen LogP contribution < -0.4 is 16.4 Å². The molecule has 4 rings (SSSR count). The Morgan fingerprint density at radius 2 is 2.03 bits per heavy atom. The van der Waals surface area contributed by atoms with Crippen molar-refractivity contribution < 1.29 is 4.39 Å². The summed E-state index contributed by atoms with van der Waals surface area (Å²) in [6.07, 6.45) is 0. The summed E-state index contributed by atoms with van der Waals surface area (Å²) in [4.78, 5) is 10.5. The number of thiophene rings is 1. The van der Waals surface area contributed by atoms with Crippen LogP contribution >= 0.6 is 22.9 Å². The summed E-state index contributed by atoms with van der Waals surface area (Å²) in [6.45, 7) is 2.44. The van der Waals surface area contributed by atoms with E-state index in [0.717, 1.165) is 16.5 Å². The van der Waals surface area contributed by atoms with E-state index in [1.54, 1.807) is 17.4 Å². The SMILES string of the molecule is C[C@@H](Nc1nc(Nc2ccc(F)c(Cl)c2)nc2c(CN)cccc12)c1cccs1. The number of nitrogens with zero attached hydrogens (tertiary/aromatic N) is 2. The molecule has 29 heavy (non-hydrogen) atoms. The largest absolute Gasteiger partial charge is 0.362 e. The maximum absolute atomic E-state index is 13.5. The second kappa shape index (κ2) is 8.32. The summed E-state index contributed by atoms with van der Waals surface area (Å²) in [5, 5.41) is 9.55. The van der Waals surface area contributed by atoms with Gasteiger partial charge >= 0.3 is 0 Å². The topological polar surface area (TPSA) is 75.9 Å². The number of para-hydroxylation sites is 1. The first kappa shape index (κ1) is 19.6. The molecule has 5 nitrogen and oxygen atoms in total. The van der Waals surface area contributed by atoms with E-state index in [0.29, 0.717) is 24.0 Å². The van der Waals surface area contributed by atoms with Gasteiger partial charge in [0.2, 0.25) is 5.95 Å². The highest BCUT2D eigenvalue weighted by atomic mass is 35.5. The lowest BCUT2D eigenvalue weighted by atomic mass is 10.1. The molecule has 0 fully saturated rings. The zero-order chi connectivity index (χ0) is 20.4. The van der Waals surface area contributed by atoms with Crippen LogP contribution in [0.15, 0.2) is 53.9 Å². The Balaban J connectivity index is 1.77. The highest BCUT2D eigenvalue weighted by molar-refractivity contribution is 7.10. The van der Waals surface area contributed by atoms with Gasteiger partial charge in [-0.15, -0.1) is 11.3 Å². The van der Waals surface area contributed by atoms with Gasteiger partial charge in [-0.2, -0.15) is 4.98 Å². The molecule has 0 unspecified atom stereocenters. The van der Waals surface area contributed by atoms with Crippen molar-refractivity contribution in [2.24, 2.45) is 5.73 Å². The van der Waals surface area contributed by atoms with Gasteiger partial charge in [-0.05, 0) is 48.2 Å². The molecule has 148 valence electrons. The van der Waals surface area contributed by atoms with Crippen molar-refractivity contribution in [1.82, 2.24) is 9.97 Å². The van der Waals surface area contributed by atoms with E-state index in [-0.39, 0.29) is 11.1 Å². The lowest BCUT2D eigenvalue weighted by molar-refractivity contribution is 0.628. The minimum atomic E-state index is -0.478. The number of hydrogen-bond acceptors (Lipinski definition) is 6. The van der Waals surface area contributed by atoms with Crippen LogP contribution in [0, 0.1) is 5.82 Å². The molecule has 2 aromatic carbocycles. The molecule has 0 aliphatic heterocycles. The van der Waals surface area contributed by atoms with E-state index < -0.39 is 5.82 Å². The Labute approximate surface area is 176 Å². The highest BCUT2D eigenvalue weighted by Crippen LogP contribution is 2.30. The predicted molar refractivity (Wildman–Crippen MR) is 118 cm³/mol. The van der Waals surface area contributed by atoms with E-state index in [2.05, 4.69) is 33.6 Å². The number of anilines is 3. The van der Waals surface area contributed by atoms with Gasteiger partial charge in [0.1, 0.15) is 11.6 Å². The second-order valence-corrected chi connectivity index (χ2v) is 7.94. The average molecular weight is 428 g/mol. The third-order valence-electron chi connectivity index (χ3n) is 4.53. The number of fused-ring (bicyclic) bond motifs is 1. The Morgan fingerprint density at radius 3 is 2.76 bits per heavy atom. The minimum absolute atomic E-state index is 0.0307. The molecule has 8 heteroatoms. The fourth-order valence-corrected chi connectivity index (χ4v) is 3.97. The van der Waals surface area contributed by atoms with Gasteiger partial charge in [0.15, 0.2) is 0 Å². The van der Waals surface area contributed by atoms with Crippen molar-refractivity contribution >= 4 is 51.3 Å². The van der Waals surface area contributed by atoms with Gasteiger partial charge in [0.05, 0.1) is 16.6 Å². The lowest BCUT2D eigenvalue weighted by Gasteiger charge is -2.17. The number of nitrogens with two attached hydrogens (primary N) is 1. The summed E-state index contributed by atoms with van der Waals surface area (Å²) in [5.41, 5.74) is 8.20. The summed E-state index contributed by atoms with van der Waals surface area (Å²) in [6, 6.07) is 14.4. The average Bonchev–Trinajstić information content (AvgIpc) is 3.25. The Kier molecular flexibility index (Phi) is 5.62. The van der Waals surface area contributed by atoms with Crippen molar-refractivity contribution in [3.63, 3.8) is 0 Å². The molecule has 0 aliphatic rings. The van der Waals surface area contributed by atoms with Crippen molar-refractivity contribution in [1.29, 1.82) is 0 Å². The van der Waals surface area contributed by atoms with Crippen LogP contribution in [-0.2, 0) is 6.54 Å². The summed E-state index contributed by atoms with van der Waals surface area (Å²) < 4.78 is 13.5. The smallest absolute Gasteiger partial charge is 0.229 e. The molecule has 0 amide bonds. The van der Waals surface area contributed by atoms with Crippen molar-refractivity contribution in [2.75, 3.05) is 10.6 Å². The molecule has 2 heterocycles. The molecular formula is C21H19ClFN5S. The maximum Gasteiger partial charge on any atom is 0.229 e. The molecule has 4 aromatic rings. The fraction of sp³-hybridized carbons (Fsp3) is 0.143. The number of halogens is 2. The Bertz CT molecular complexity index is 1150. The third kappa shape index (κ3) is 4.17. The molecule has 4 N–H and O–H groups in total. The number of hydrogen-bond donors (Lipinski definition) is 3. The molecule has 0 saturated carbocycles. The van der Waals surface area contributed by atoms with Gasteiger partial charge in [-0.1, -0.05) is 29.8 Å². The standard InChI is InChI=1S/C21H19ClFN5S/c1-12(18-6-3-9-29-18)25-20-15-5-2-4-13(11-24)19(15)27-21(28-20)26-14-7-8-17(23)16(22)10-14/h2-10,12H,11,24H2,1H3,(H2,25,26,27,28)/t12-/m1/s1. The van der Waals surface area contributed by atoms with E-state index in [1.165, 1.54) is 17.0 Å². The fourth-order valence-electron chi connectivity index (χ4n) is 3.06. The van der Waals surface area contributed by atoms with Crippen LogP contribution in [0.4, 0.5) is 21.8 Å². The summed E-state index contributed by atoms with van der Waals surface area (Å²) in [7, 11) is 0. The van der Waals surface area contributed by atoms with Crippen LogP contribution in [0.3, 0.4) is 0 Å². The Hall–Kier alpha value is -2.74. The van der Waals surface area contributed by atoms with Crippen LogP contribution in [0.5, 0.6) is 0 Å². The monoisotopic (exact) mass is 427 g/mol. The molecule has 0 radical (unpaired) electrons. The van der Waals surface area contributed by atoms with Gasteiger partial charge in [0, 0.05) is 22.5 Å². The van der Waals surface area contributed by atoms with E-state index >= 15 is 0 Å². The van der Waals surface area contributed by atoms with Gasteiger partial charge in [0.25, 0.3) is 0 Å². The molecule has 0 bridgehead atoms. The predicted octanol–water partition coefficient (Wildman–Crippen LogP) is 5.86. The second-order valence-electron chi connectivity index (χ2n) is 6.55. The minimum Gasteiger partial charge on any atom is -0.362 e. The first-order valence-corrected chi connectivity index (χ1v) is 10.3. The van der Waals surface area contributed by atoms with Gasteiger partial charge in [-0.3, -0.25) is 0 Å². The number of rotatable bonds is 6. The van der Waals surface area contributed by atoms with Crippen LogP contribution in [0.1, 0.15) is 23.4 Å². The van der Waals surface area contributed by atoms with Crippen LogP contribution in [0.25, 0.3) is 10.9 Å². The number of nitrogens with one attached hydrogen (secondary N) is 2. The van der Waals surface area contributed by atoms with E-state index in [9.17, 15) is 4.39 Å².